The zero-order valence-electron chi connectivity index (χ0n) is 22.9. The van der Waals surface area contributed by atoms with E-state index in [0.717, 1.165) is 22.7 Å². The number of carbonyl (C=O) groups excluding carboxylic acids is 4. The summed E-state index contributed by atoms with van der Waals surface area (Å²) in [5.74, 6) is -0.911. The highest BCUT2D eigenvalue weighted by atomic mass is 32.2. The number of pyridine rings is 1. The first kappa shape index (κ1) is 28.1. The average molecular weight is 567 g/mol. The van der Waals surface area contributed by atoms with Crippen molar-refractivity contribution >= 4 is 32.7 Å². The van der Waals surface area contributed by atoms with E-state index in [0.29, 0.717) is 17.9 Å². The summed E-state index contributed by atoms with van der Waals surface area (Å²) in [6.07, 6.45) is 3.92. The van der Waals surface area contributed by atoms with E-state index in [1.165, 1.54) is 23.2 Å². The molecule has 0 bridgehead atoms. The number of fused-ring (bicyclic) bond motifs is 1. The summed E-state index contributed by atoms with van der Waals surface area (Å²) >= 11 is 0. The number of nitrogens with zero attached hydrogens (tertiary/aromatic N) is 3. The van der Waals surface area contributed by atoms with Crippen molar-refractivity contribution in [2.45, 2.75) is 70.0 Å². The zero-order valence-corrected chi connectivity index (χ0v) is 23.7. The minimum atomic E-state index is -4.52. The van der Waals surface area contributed by atoms with Crippen LogP contribution in [-0.2, 0) is 25.0 Å². The van der Waals surface area contributed by atoms with Crippen LogP contribution < -0.4 is 5.32 Å². The Morgan fingerprint density at radius 3 is 2.35 bits per heavy atom. The molecule has 11 heteroatoms. The fraction of sp³-hybridized carbons (Fsp3) is 0.483. The standard InChI is InChI=1S/C29H34N4O6S/c1-29(2,3)20-11-9-19(10-12-20)26(35)31-22(16-18-7-8-18)27(36)32-15-13-23-25(32)24(34)17-33(23)40(38,39)28(37)21-6-4-5-14-30-21/h4-6,9-12,14,18,22-23,25H,7-8,13,15-17H2,1-3H3,(H,31,35). The van der Waals surface area contributed by atoms with Crippen molar-refractivity contribution in [1.82, 2.24) is 19.5 Å². The van der Waals surface area contributed by atoms with Crippen molar-refractivity contribution in [3.8, 4) is 0 Å². The minimum absolute atomic E-state index is 0.0663. The van der Waals surface area contributed by atoms with Gasteiger partial charge in [-0.3, -0.25) is 24.2 Å². The van der Waals surface area contributed by atoms with Crippen molar-refractivity contribution < 1.29 is 27.6 Å². The van der Waals surface area contributed by atoms with Gasteiger partial charge in [0.2, 0.25) is 5.91 Å². The molecule has 2 aromatic rings. The SMILES string of the molecule is CC(C)(C)c1ccc(C(=O)NC(CC2CC2)C(=O)N2CCC3C2C(=O)CN3S(=O)(=O)C(=O)c2ccccn2)cc1. The lowest BCUT2D eigenvalue weighted by Gasteiger charge is -2.28. The fourth-order valence-corrected chi connectivity index (χ4v) is 7.01. The third-order valence-corrected chi connectivity index (χ3v) is 9.66. The number of hydrogen-bond donors (Lipinski definition) is 1. The molecule has 3 fully saturated rings. The number of Topliss-reactive ketones (excluding diaryl/α,β-unsaturated/α-hetero) is 1. The van der Waals surface area contributed by atoms with Crippen LogP contribution >= 0.6 is 0 Å². The van der Waals surface area contributed by atoms with Crippen molar-refractivity contribution in [3.05, 3.63) is 65.5 Å². The van der Waals surface area contributed by atoms with E-state index in [1.54, 1.807) is 18.2 Å². The first-order chi connectivity index (χ1) is 18.9. The Kier molecular flexibility index (Phi) is 7.39. The summed E-state index contributed by atoms with van der Waals surface area (Å²) in [5, 5.41) is 1.70. The molecule has 3 aliphatic rings. The van der Waals surface area contributed by atoms with Crippen LogP contribution in [0.2, 0.25) is 0 Å². The third-order valence-electron chi connectivity index (χ3n) is 7.96. The molecular formula is C29H34N4O6S. The van der Waals surface area contributed by atoms with E-state index in [-0.39, 0.29) is 30.0 Å². The molecule has 1 saturated carbocycles. The lowest BCUT2D eigenvalue weighted by Crippen LogP contribution is -2.52. The smallest absolute Gasteiger partial charge is 0.310 e. The summed E-state index contributed by atoms with van der Waals surface area (Å²) in [6.45, 7) is 5.92. The van der Waals surface area contributed by atoms with Crippen molar-refractivity contribution in [3.63, 3.8) is 0 Å². The molecule has 1 aliphatic carbocycles. The second-order valence-electron chi connectivity index (χ2n) is 11.9. The van der Waals surface area contributed by atoms with Crippen LogP contribution in [-0.4, -0.2) is 76.5 Å². The van der Waals surface area contributed by atoms with Gasteiger partial charge in [-0.15, -0.1) is 0 Å². The number of carbonyl (C=O) groups is 4. The van der Waals surface area contributed by atoms with Crippen LogP contribution in [0.3, 0.4) is 0 Å². The van der Waals surface area contributed by atoms with Crippen LogP contribution in [0.4, 0.5) is 0 Å². The van der Waals surface area contributed by atoms with Crippen molar-refractivity contribution in [2.24, 2.45) is 5.92 Å². The second kappa shape index (κ2) is 10.5. The topological polar surface area (TPSA) is 134 Å². The molecule has 2 saturated heterocycles. The van der Waals surface area contributed by atoms with Gasteiger partial charge in [0.1, 0.15) is 17.8 Å². The van der Waals surface area contributed by atoms with Gasteiger partial charge in [-0.05, 0) is 54.0 Å². The predicted octanol–water partition coefficient (Wildman–Crippen LogP) is 2.30. The monoisotopic (exact) mass is 566 g/mol. The van der Waals surface area contributed by atoms with Crippen LogP contribution in [0, 0.1) is 5.92 Å². The Balaban J connectivity index is 1.32. The van der Waals surface area contributed by atoms with Gasteiger partial charge in [0.25, 0.3) is 15.9 Å². The number of likely N-dealkylation sites (tertiary alicyclic amines) is 1. The summed E-state index contributed by atoms with van der Waals surface area (Å²) in [6, 6.07) is 8.99. The third kappa shape index (κ3) is 5.44. The van der Waals surface area contributed by atoms with E-state index in [9.17, 15) is 27.6 Å². The maximum atomic E-state index is 13.8. The first-order valence-electron chi connectivity index (χ1n) is 13.6. The molecule has 3 heterocycles. The molecule has 1 aromatic carbocycles. The zero-order chi connectivity index (χ0) is 28.8. The summed E-state index contributed by atoms with van der Waals surface area (Å²) in [7, 11) is -4.52. The van der Waals surface area contributed by atoms with Gasteiger partial charge < -0.3 is 10.2 Å². The molecule has 1 N–H and O–H groups in total. The normalized spacial score (nSPS) is 22.2. The number of ketones is 1. The maximum absolute atomic E-state index is 13.8. The molecule has 2 amide bonds. The molecule has 10 nitrogen and oxygen atoms in total. The Hall–Kier alpha value is -3.44. The summed E-state index contributed by atoms with van der Waals surface area (Å²) in [4.78, 5) is 58.0. The first-order valence-corrected chi connectivity index (χ1v) is 15.0. The second-order valence-corrected chi connectivity index (χ2v) is 13.7. The summed E-state index contributed by atoms with van der Waals surface area (Å²) in [5.41, 5.74) is 1.22. The molecule has 1 aromatic heterocycles. The van der Waals surface area contributed by atoms with Crippen molar-refractivity contribution in [2.75, 3.05) is 13.1 Å². The largest absolute Gasteiger partial charge is 0.340 e. The van der Waals surface area contributed by atoms with E-state index >= 15 is 0 Å². The molecule has 0 spiro atoms. The molecular weight excluding hydrogens is 532 g/mol. The van der Waals surface area contributed by atoms with Gasteiger partial charge >= 0.3 is 5.12 Å². The average Bonchev–Trinajstić information content (AvgIpc) is 3.53. The Labute approximate surface area is 234 Å². The molecule has 5 rings (SSSR count). The van der Waals surface area contributed by atoms with Gasteiger partial charge in [-0.25, -0.2) is 8.42 Å². The molecule has 0 radical (unpaired) electrons. The van der Waals surface area contributed by atoms with E-state index in [2.05, 4.69) is 31.1 Å². The number of rotatable bonds is 7. The molecule has 2 aliphatic heterocycles. The number of aromatic nitrogens is 1. The molecule has 3 atom stereocenters. The lowest BCUT2D eigenvalue weighted by atomic mass is 9.86. The van der Waals surface area contributed by atoms with E-state index in [1.807, 2.05) is 12.1 Å². The number of amides is 2. The van der Waals surface area contributed by atoms with Crippen LogP contribution in [0.1, 0.15) is 72.9 Å². The lowest BCUT2D eigenvalue weighted by molar-refractivity contribution is -0.138. The Morgan fingerprint density at radius 1 is 1.05 bits per heavy atom. The minimum Gasteiger partial charge on any atom is -0.340 e. The number of nitrogens with one attached hydrogen (secondary N) is 1. The highest BCUT2D eigenvalue weighted by molar-refractivity contribution is 8.04. The van der Waals surface area contributed by atoms with Crippen LogP contribution in [0.5, 0.6) is 0 Å². The Bertz CT molecular complexity index is 1430. The van der Waals surface area contributed by atoms with Crippen LogP contribution in [0.15, 0.2) is 48.7 Å². The molecule has 40 heavy (non-hydrogen) atoms. The van der Waals surface area contributed by atoms with Crippen LogP contribution in [0.25, 0.3) is 0 Å². The van der Waals surface area contributed by atoms with Gasteiger partial charge in [-0.2, -0.15) is 4.31 Å². The number of benzene rings is 1. The van der Waals surface area contributed by atoms with Gasteiger partial charge in [0.05, 0.1) is 12.6 Å². The van der Waals surface area contributed by atoms with Gasteiger partial charge in [0.15, 0.2) is 5.78 Å². The maximum Gasteiger partial charge on any atom is 0.310 e. The molecule has 3 unspecified atom stereocenters. The number of hydrogen-bond acceptors (Lipinski definition) is 7. The number of sulfonamides is 1. The Morgan fingerprint density at radius 2 is 1.75 bits per heavy atom. The van der Waals surface area contributed by atoms with E-state index < -0.39 is 51.5 Å². The summed E-state index contributed by atoms with van der Waals surface area (Å²) < 4.78 is 27.3. The van der Waals surface area contributed by atoms with Gasteiger partial charge in [0, 0.05) is 18.3 Å². The van der Waals surface area contributed by atoms with Crippen molar-refractivity contribution in [1.29, 1.82) is 0 Å². The molecule has 212 valence electrons. The fourth-order valence-electron chi connectivity index (χ4n) is 5.53. The highest BCUT2D eigenvalue weighted by Crippen LogP contribution is 2.36. The predicted molar refractivity (Wildman–Crippen MR) is 147 cm³/mol. The van der Waals surface area contributed by atoms with Gasteiger partial charge in [-0.1, -0.05) is 51.8 Å². The quantitative estimate of drug-likeness (QED) is 0.544. The van der Waals surface area contributed by atoms with E-state index in [4.69, 9.17) is 0 Å². The highest BCUT2D eigenvalue weighted by Gasteiger charge is 2.55.